The van der Waals surface area contributed by atoms with Crippen molar-refractivity contribution in [2.75, 3.05) is 18.6 Å². The number of carbonyl (C=O) groups excluding carboxylic acids is 4. The molecule has 2 saturated heterocycles. The number of rotatable bonds is 5. The van der Waals surface area contributed by atoms with E-state index in [0.717, 1.165) is 5.57 Å². The van der Waals surface area contributed by atoms with Gasteiger partial charge in [-0.1, -0.05) is 59.6 Å². The van der Waals surface area contributed by atoms with Crippen LogP contribution in [0, 0.1) is 27.2 Å². The number of hydrogen-bond donors (Lipinski definition) is 1. The number of aromatic hydroxyl groups is 1. The first-order valence-corrected chi connectivity index (χ1v) is 16.4. The predicted octanol–water partition coefficient (Wildman–Crippen LogP) is 5.84. The molecule has 2 aliphatic heterocycles. The number of anilines is 1. The maximum Gasteiger partial charge on any atom is 0.246 e. The molecule has 4 amide bonds. The third kappa shape index (κ3) is 4.15. The number of carbonyl (C=O) groups is 4. The minimum atomic E-state index is -1.39. The minimum Gasteiger partial charge on any atom is -0.504 e. The summed E-state index contributed by atoms with van der Waals surface area (Å²) in [7, 11) is 1.46. The van der Waals surface area contributed by atoms with Gasteiger partial charge >= 0.3 is 0 Å². The Morgan fingerprint density at radius 2 is 1.73 bits per heavy atom. The van der Waals surface area contributed by atoms with Gasteiger partial charge in [0.2, 0.25) is 23.6 Å². The molecular weight excluding hydrogens is 707 g/mol. The SMILES string of the molecule is CCN1C(=O)C2CC=C3C(CC4C(=O)N(c5cccc(Cl)c5)C(=O)C4(c4ccccc4)C3c3cc(I)c(O)c(OC)c3)C2C1=O. The molecule has 0 spiro atoms. The summed E-state index contributed by atoms with van der Waals surface area (Å²) in [5.74, 6) is -4.10. The van der Waals surface area contributed by atoms with Gasteiger partial charge in [-0.2, -0.15) is 0 Å². The molecule has 1 saturated carbocycles. The predicted molar refractivity (Wildman–Crippen MR) is 176 cm³/mol. The van der Waals surface area contributed by atoms with Crippen molar-refractivity contribution in [3.63, 3.8) is 0 Å². The second-order valence-corrected chi connectivity index (χ2v) is 13.7. The molecule has 230 valence electrons. The number of allylic oxidation sites excluding steroid dienone is 2. The largest absolute Gasteiger partial charge is 0.504 e. The van der Waals surface area contributed by atoms with Crippen LogP contribution in [0.1, 0.15) is 36.8 Å². The summed E-state index contributed by atoms with van der Waals surface area (Å²) in [6.07, 6.45) is 2.60. The zero-order valence-electron chi connectivity index (χ0n) is 24.6. The van der Waals surface area contributed by atoms with E-state index in [1.165, 1.54) is 16.9 Å². The lowest BCUT2D eigenvalue weighted by Gasteiger charge is -2.50. The number of fused-ring (bicyclic) bond motifs is 4. The van der Waals surface area contributed by atoms with Crippen molar-refractivity contribution in [1.82, 2.24) is 4.90 Å². The van der Waals surface area contributed by atoms with Crippen LogP contribution in [0.5, 0.6) is 11.5 Å². The number of imide groups is 2. The molecule has 6 unspecified atom stereocenters. The van der Waals surface area contributed by atoms with E-state index in [-0.39, 0.29) is 48.1 Å². The van der Waals surface area contributed by atoms with Crippen LogP contribution in [0.15, 0.2) is 78.4 Å². The van der Waals surface area contributed by atoms with Crippen LogP contribution >= 0.6 is 34.2 Å². The highest BCUT2D eigenvalue weighted by molar-refractivity contribution is 14.1. The summed E-state index contributed by atoms with van der Waals surface area (Å²) in [5.41, 5.74) is 1.19. The molecule has 6 atom stereocenters. The maximum absolute atomic E-state index is 15.2. The first-order chi connectivity index (χ1) is 21.6. The van der Waals surface area contributed by atoms with Gasteiger partial charge < -0.3 is 9.84 Å². The molecule has 4 aliphatic rings. The van der Waals surface area contributed by atoms with Crippen molar-refractivity contribution in [1.29, 1.82) is 0 Å². The zero-order chi connectivity index (χ0) is 31.8. The van der Waals surface area contributed by atoms with Gasteiger partial charge in [-0.3, -0.25) is 24.1 Å². The van der Waals surface area contributed by atoms with Crippen LogP contribution < -0.4 is 9.64 Å². The molecule has 3 aromatic carbocycles. The molecule has 3 fully saturated rings. The molecular formula is C35H30ClIN2O6. The number of benzene rings is 3. The Morgan fingerprint density at radius 1 is 0.978 bits per heavy atom. The highest BCUT2D eigenvalue weighted by Gasteiger charge is 2.70. The van der Waals surface area contributed by atoms with Crippen LogP contribution in [0.4, 0.5) is 5.69 Å². The van der Waals surface area contributed by atoms with Gasteiger partial charge in [0.15, 0.2) is 11.5 Å². The van der Waals surface area contributed by atoms with Crippen molar-refractivity contribution >= 4 is 63.5 Å². The van der Waals surface area contributed by atoms with Crippen molar-refractivity contribution < 1.29 is 29.0 Å². The molecule has 2 heterocycles. The normalized spacial score (nSPS) is 29.0. The van der Waals surface area contributed by atoms with Crippen molar-refractivity contribution in [3.8, 4) is 11.5 Å². The Bertz CT molecular complexity index is 1810. The second kappa shape index (κ2) is 11.0. The number of phenols is 1. The smallest absolute Gasteiger partial charge is 0.246 e. The Kier molecular flexibility index (Phi) is 7.31. The maximum atomic E-state index is 15.2. The summed E-state index contributed by atoms with van der Waals surface area (Å²) in [4.78, 5) is 59.7. The van der Waals surface area contributed by atoms with E-state index in [1.807, 2.05) is 65.1 Å². The number of likely N-dealkylation sites (tertiary alicyclic amines) is 1. The van der Waals surface area contributed by atoms with E-state index >= 15 is 4.79 Å². The molecule has 10 heteroatoms. The number of ether oxygens (including phenoxy) is 1. The van der Waals surface area contributed by atoms with Gasteiger partial charge in [0.1, 0.15) is 0 Å². The summed E-state index contributed by atoms with van der Waals surface area (Å²) in [6.45, 7) is 2.07. The van der Waals surface area contributed by atoms with Crippen molar-refractivity contribution in [2.24, 2.45) is 23.7 Å². The fourth-order valence-electron chi connectivity index (χ4n) is 8.41. The number of methoxy groups -OCH3 is 1. The number of hydrogen-bond acceptors (Lipinski definition) is 6. The lowest BCUT2D eigenvalue weighted by Crippen LogP contribution is -2.53. The van der Waals surface area contributed by atoms with Crippen molar-refractivity contribution in [2.45, 2.75) is 31.1 Å². The summed E-state index contributed by atoms with van der Waals surface area (Å²) in [6, 6.07) is 19.6. The van der Waals surface area contributed by atoms with Gasteiger partial charge in [-0.05, 0) is 89.7 Å². The summed E-state index contributed by atoms with van der Waals surface area (Å²) >= 11 is 8.40. The van der Waals surface area contributed by atoms with Gasteiger partial charge in [0.05, 0.1) is 39.5 Å². The van der Waals surface area contributed by atoms with E-state index in [9.17, 15) is 19.5 Å². The Morgan fingerprint density at radius 3 is 2.42 bits per heavy atom. The van der Waals surface area contributed by atoms with Gasteiger partial charge in [-0.25, -0.2) is 4.90 Å². The number of nitrogens with zero attached hydrogens (tertiary/aromatic N) is 2. The fraction of sp³-hybridized carbons (Fsp3) is 0.314. The standard InChI is InChI=1S/C35H30ClIN2O6/c1-3-38-31(41)23-13-12-22-24(28(23)33(38)43)17-25-32(42)39(21-11-7-10-20(36)16-21)34(44)35(25,19-8-5-4-6-9-19)29(22)18-14-26(37)30(40)27(15-18)45-2/h4-12,14-16,23-25,28-29,40H,3,13,17H2,1-2H3. The van der Waals surface area contributed by atoms with Crippen LogP contribution in [0.3, 0.4) is 0 Å². The van der Waals surface area contributed by atoms with Gasteiger partial charge in [0.25, 0.3) is 0 Å². The van der Waals surface area contributed by atoms with Gasteiger partial charge in [-0.15, -0.1) is 0 Å². The number of amides is 4. The minimum absolute atomic E-state index is 0.0262. The summed E-state index contributed by atoms with van der Waals surface area (Å²) in [5, 5.41) is 11.2. The molecule has 0 bridgehead atoms. The summed E-state index contributed by atoms with van der Waals surface area (Å²) < 4.78 is 6.09. The van der Waals surface area contributed by atoms with Crippen LogP contribution in [-0.2, 0) is 24.6 Å². The van der Waals surface area contributed by atoms with E-state index in [1.54, 1.807) is 37.3 Å². The van der Waals surface area contributed by atoms with Crippen molar-refractivity contribution in [3.05, 3.63) is 98.1 Å². The Balaban J connectivity index is 1.53. The average Bonchev–Trinajstić information content (AvgIpc) is 3.42. The molecule has 0 aromatic heterocycles. The molecule has 3 aromatic rings. The van der Waals surface area contributed by atoms with Crippen LogP contribution in [-0.4, -0.2) is 47.3 Å². The monoisotopic (exact) mass is 736 g/mol. The topological polar surface area (TPSA) is 104 Å². The first kappa shape index (κ1) is 30.0. The lowest BCUT2D eigenvalue weighted by atomic mass is 9.49. The van der Waals surface area contributed by atoms with E-state index in [0.29, 0.717) is 31.8 Å². The number of phenolic OH excluding ortho intramolecular Hbond substituents is 1. The molecule has 8 nitrogen and oxygen atoms in total. The highest BCUT2D eigenvalue weighted by Crippen LogP contribution is 2.64. The molecule has 0 radical (unpaired) electrons. The third-order valence-corrected chi connectivity index (χ3v) is 11.2. The molecule has 45 heavy (non-hydrogen) atoms. The Hall–Kier alpha value is -3.70. The fourth-order valence-corrected chi connectivity index (χ4v) is 9.22. The second-order valence-electron chi connectivity index (χ2n) is 12.1. The molecule has 2 aliphatic carbocycles. The van der Waals surface area contributed by atoms with Crippen LogP contribution in [0.2, 0.25) is 5.02 Å². The van der Waals surface area contributed by atoms with E-state index in [4.69, 9.17) is 16.3 Å². The zero-order valence-corrected chi connectivity index (χ0v) is 27.5. The lowest BCUT2D eigenvalue weighted by molar-refractivity contribution is -0.140. The quantitative estimate of drug-likeness (QED) is 0.201. The van der Waals surface area contributed by atoms with E-state index < -0.39 is 35.0 Å². The van der Waals surface area contributed by atoms with Crippen LogP contribution in [0.25, 0.3) is 0 Å². The number of halogens is 2. The molecule has 7 rings (SSSR count). The Labute approximate surface area is 279 Å². The third-order valence-electron chi connectivity index (χ3n) is 10.2. The average molecular weight is 737 g/mol. The molecule has 1 N–H and O–H groups in total. The van der Waals surface area contributed by atoms with E-state index in [2.05, 4.69) is 0 Å². The first-order valence-electron chi connectivity index (χ1n) is 15.0. The van der Waals surface area contributed by atoms with Gasteiger partial charge in [0, 0.05) is 17.5 Å². The highest BCUT2D eigenvalue weighted by atomic mass is 127.